The zero-order valence-corrected chi connectivity index (χ0v) is 11.1. The van der Waals surface area contributed by atoms with E-state index in [1.165, 1.54) is 0 Å². The van der Waals surface area contributed by atoms with Crippen molar-refractivity contribution in [3.05, 3.63) is 36.0 Å². The van der Waals surface area contributed by atoms with E-state index in [-0.39, 0.29) is 11.9 Å². The van der Waals surface area contributed by atoms with Gasteiger partial charge in [0.1, 0.15) is 0 Å². The molecule has 0 heterocycles. The molecule has 1 amide bonds. The van der Waals surface area contributed by atoms with Gasteiger partial charge in [0.15, 0.2) is 0 Å². The number of hydrogen-bond donors (Lipinski definition) is 0. The number of amides is 1. The molecule has 0 atom stereocenters. The normalized spacial score (nSPS) is 12.9. The van der Waals surface area contributed by atoms with E-state index in [1.807, 2.05) is 45.6 Å². The molecule has 2 heteroatoms. The highest BCUT2D eigenvalue weighted by molar-refractivity contribution is 5.98. The fraction of sp³-hybridized carbons (Fsp3) is 0.500. The number of carbonyl (C=O) groups excluding carboxylic acids is 1. The summed E-state index contributed by atoms with van der Waals surface area (Å²) < 4.78 is 0. The Morgan fingerprint density at radius 1 is 1.44 bits per heavy atom. The van der Waals surface area contributed by atoms with Gasteiger partial charge in [0.05, 0.1) is 0 Å². The molecule has 2 nitrogen and oxygen atoms in total. The first-order valence-electron chi connectivity index (χ1n) is 5.76. The van der Waals surface area contributed by atoms with E-state index in [0.717, 1.165) is 17.7 Å². The van der Waals surface area contributed by atoms with Crippen LogP contribution in [-0.4, -0.2) is 23.4 Å². The van der Waals surface area contributed by atoms with Crippen LogP contribution >= 0.6 is 0 Å². The number of rotatable bonds is 5. The smallest absolute Gasteiger partial charge is 0.254 e. The van der Waals surface area contributed by atoms with E-state index >= 15 is 0 Å². The van der Waals surface area contributed by atoms with Crippen LogP contribution < -0.4 is 0 Å². The predicted molar refractivity (Wildman–Crippen MR) is 70.2 cm³/mol. The summed E-state index contributed by atoms with van der Waals surface area (Å²) in [5.41, 5.74) is 1.72. The second-order valence-corrected chi connectivity index (χ2v) is 3.97. The molecule has 0 rings (SSSR count). The van der Waals surface area contributed by atoms with Crippen LogP contribution in [-0.2, 0) is 4.79 Å². The average Bonchev–Trinajstić information content (AvgIpc) is 2.25. The summed E-state index contributed by atoms with van der Waals surface area (Å²) in [5.74, 6) is 0.0769. The van der Waals surface area contributed by atoms with Crippen molar-refractivity contribution in [2.45, 2.75) is 40.7 Å². The second kappa shape index (κ2) is 7.04. The van der Waals surface area contributed by atoms with Crippen LogP contribution in [0.2, 0.25) is 0 Å². The molecule has 90 valence electrons. The van der Waals surface area contributed by atoms with Crippen molar-refractivity contribution >= 4 is 5.91 Å². The van der Waals surface area contributed by atoms with Gasteiger partial charge in [-0.05, 0) is 46.3 Å². The molecular formula is C14H23NO. The van der Waals surface area contributed by atoms with E-state index in [0.29, 0.717) is 0 Å². The van der Waals surface area contributed by atoms with Crippen LogP contribution in [0.1, 0.15) is 34.6 Å². The lowest BCUT2D eigenvalue weighted by Gasteiger charge is -2.26. The van der Waals surface area contributed by atoms with Crippen LogP contribution in [0, 0.1) is 0 Å². The first-order chi connectivity index (χ1) is 7.49. The first kappa shape index (κ1) is 14.7. The maximum Gasteiger partial charge on any atom is 0.254 e. The fourth-order valence-corrected chi connectivity index (χ4v) is 1.54. The van der Waals surface area contributed by atoms with Crippen LogP contribution in [0.25, 0.3) is 0 Å². The van der Waals surface area contributed by atoms with Crippen molar-refractivity contribution < 1.29 is 4.79 Å². The van der Waals surface area contributed by atoms with Gasteiger partial charge in [0, 0.05) is 18.2 Å². The van der Waals surface area contributed by atoms with Crippen LogP contribution in [0.4, 0.5) is 0 Å². The zero-order chi connectivity index (χ0) is 12.7. The minimum Gasteiger partial charge on any atom is -0.336 e. The highest BCUT2D eigenvalue weighted by Crippen LogP contribution is 2.14. The molecule has 0 aromatic carbocycles. The molecule has 0 saturated heterocycles. The Labute approximate surface area is 99.3 Å². The van der Waals surface area contributed by atoms with Crippen molar-refractivity contribution in [3.63, 3.8) is 0 Å². The topological polar surface area (TPSA) is 20.3 Å². The highest BCUT2D eigenvalue weighted by Gasteiger charge is 2.19. The maximum atomic E-state index is 12.3. The van der Waals surface area contributed by atoms with Gasteiger partial charge in [-0.1, -0.05) is 18.7 Å². The molecular weight excluding hydrogens is 198 g/mol. The Balaban J connectivity index is 5.17. The second-order valence-electron chi connectivity index (χ2n) is 3.97. The molecule has 0 aromatic heterocycles. The summed E-state index contributed by atoms with van der Waals surface area (Å²) in [5, 5.41) is 0. The van der Waals surface area contributed by atoms with Crippen molar-refractivity contribution in [2.24, 2.45) is 0 Å². The Morgan fingerprint density at radius 2 is 2.00 bits per heavy atom. The molecule has 0 bridgehead atoms. The average molecular weight is 221 g/mol. The van der Waals surface area contributed by atoms with Crippen LogP contribution in [0.5, 0.6) is 0 Å². The third kappa shape index (κ3) is 3.69. The molecule has 0 saturated carbocycles. The Kier molecular flexibility index (Phi) is 6.47. The molecule has 0 N–H and O–H groups in total. The van der Waals surface area contributed by atoms with Gasteiger partial charge in [-0.3, -0.25) is 4.79 Å². The number of carbonyl (C=O) groups is 1. The summed E-state index contributed by atoms with van der Waals surface area (Å²) in [7, 11) is 0. The summed E-state index contributed by atoms with van der Waals surface area (Å²) >= 11 is 0. The monoisotopic (exact) mass is 221 g/mol. The van der Waals surface area contributed by atoms with Gasteiger partial charge in [0.25, 0.3) is 5.91 Å². The van der Waals surface area contributed by atoms with Gasteiger partial charge >= 0.3 is 0 Å². The van der Waals surface area contributed by atoms with E-state index in [1.54, 1.807) is 12.2 Å². The highest BCUT2D eigenvalue weighted by atomic mass is 16.2. The van der Waals surface area contributed by atoms with Gasteiger partial charge in [-0.15, -0.1) is 0 Å². The minimum absolute atomic E-state index is 0.0769. The Bertz CT molecular complexity index is 311. The SMILES string of the molecule is C=C/C=C(C(=O)N(CC)C(C)C)\C(C)=C/C. The summed E-state index contributed by atoms with van der Waals surface area (Å²) in [4.78, 5) is 14.1. The Hall–Kier alpha value is -1.31. The Morgan fingerprint density at radius 3 is 2.31 bits per heavy atom. The van der Waals surface area contributed by atoms with Crippen molar-refractivity contribution in [1.29, 1.82) is 0 Å². The third-order valence-electron chi connectivity index (χ3n) is 2.60. The number of nitrogens with zero attached hydrogens (tertiary/aromatic N) is 1. The molecule has 0 unspecified atom stereocenters. The molecule has 0 fully saturated rings. The predicted octanol–water partition coefficient (Wildman–Crippen LogP) is 3.32. The van der Waals surface area contributed by atoms with E-state index in [9.17, 15) is 4.79 Å². The lowest BCUT2D eigenvalue weighted by Crippen LogP contribution is -2.37. The van der Waals surface area contributed by atoms with Gasteiger partial charge in [-0.25, -0.2) is 0 Å². The molecule has 0 aromatic rings. The van der Waals surface area contributed by atoms with Crippen molar-refractivity contribution in [3.8, 4) is 0 Å². The van der Waals surface area contributed by atoms with Crippen molar-refractivity contribution in [1.82, 2.24) is 4.90 Å². The van der Waals surface area contributed by atoms with Gasteiger partial charge in [0.2, 0.25) is 0 Å². The first-order valence-corrected chi connectivity index (χ1v) is 5.76. The van der Waals surface area contributed by atoms with Gasteiger partial charge < -0.3 is 4.90 Å². The van der Waals surface area contributed by atoms with Crippen LogP contribution in [0.3, 0.4) is 0 Å². The summed E-state index contributed by atoms with van der Waals surface area (Å²) in [6.07, 6.45) is 5.39. The zero-order valence-electron chi connectivity index (χ0n) is 11.1. The van der Waals surface area contributed by atoms with Crippen LogP contribution in [0.15, 0.2) is 36.0 Å². The quantitative estimate of drug-likeness (QED) is 0.515. The standard InChI is InChI=1S/C14H23NO/c1-7-10-13(12(6)8-2)14(16)15(9-3)11(4)5/h7-8,10-11H,1,9H2,2-6H3/b12-8-,13-10+. The minimum atomic E-state index is 0.0769. The van der Waals surface area contributed by atoms with Gasteiger partial charge in [-0.2, -0.15) is 0 Å². The largest absolute Gasteiger partial charge is 0.336 e. The number of allylic oxidation sites excluding steroid dienone is 3. The molecule has 0 aliphatic rings. The third-order valence-corrected chi connectivity index (χ3v) is 2.60. The fourth-order valence-electron chi connectivity index (χ4n) is 1.54. The number of hydrogen-bond acceptors (Lipinski definition) is 1. The number of likely N-dealkylation sites (N-methyl/N-ethyl adjacent to an activating group) is 1. The summed E-state index contributed by atoms with van der Waals surface area (Å²) in [6.45, 7) is 14.3. The summed E-state index contributed by atoms with van der Waals surface area (Å²) in [6, 6.07) is 0.218. The molecule has 0 aliphatic carbocycles. The van der Waals surface area contributed by atoms with E-state index in [4.69, 9.17) is 0 Å². The lowest BCUT2D eigenvalue weighted by atomic mass is 10.0. The molecule has 16 heavy (non-hydrogen) atoms. The molecule has 0 spiro atoms. The van der Waals surface area contributed by atoms with E-state index < -0.39 is 0 Å². The molecule has 0 radical (unpaired) electrons. The maximum absolute atomic E-state index is 12.3. The van der Waals surface area contributed by atoms with Crippen molar-refractivity contribution in [2.75, 3.05) is 6.54 Å². The lowest BCUT2D eigenvalue weighted by molar-refractivity contribution is -0.128. The molecule has 0 aliphatic heterocycles. The van der Waals surface area contributed by atoms with E-state index in [2.05, 4.69) is 6.58 Å².